The van der Waals surface area contributed by atoms with Gasteiger partial charge in [0.05, 0.1) is 13.0 Å². The van der Waals surface area contributed by atoms with Crippen LogP contribution in [0.1, 0.15) is 30.4 Å². The van der Waals surface area contributed by atoms with Crippen molar-refractivity contribution < 1.29 is 19.1 Å². The van der Waals surface area contributed by atoms with Crippen LogP contribution < -0.4 is 9.64 Å². The minimum absolute atomic E-state index is 0.00547. The van der Waals surface area contributed by atoms with Gasteiger partial charge in [-0.25, -0.2) is 0 Å². The van der Waals surface area contributed by atoms with E-state index < -0.39 is 6.23 Å². The smallest absolute Gasteiger partial charge is 0.308 e. The number of carbonyl (C=O) groups excluding carboxylic acids is 2. The molecule has 1 amide bonds. The van der Waals surface area contributed by atoms with E-state index in [1.165, 1.54) is 5.56 Å². The first-order valence-electron chi connectivity index (χ1n) is 11.4. The van der Waals surface area contributed by atoms with E-state index in [1.54, 1.807) is 24.1 Å². The van der Waals surface area contributed by atoms with Crippen LogP contribution in [0.5, 0.6) is 5.75 Å². The van der Waals surface area contributed by atoms with Crippen molar-refractivity contribution in [1.29, 1.82) is 0 Å². The first-order valence-corrected chi connectivity index (χ1v) is 11.4. The number of hydrogen-bond acceptors (Lipinski definition) is 4. The molecule has 3 aromatic rings. The van der Waals surface area contributed by atoms with Crippen LogP contribution in [0.15, 0.2) is 84.9 Å². The Kier molecular flexibility index (Phi) is 7.40. The topological polar surface area (TPSA) is 55.8 Å². The number of nitrogens with zero attached hydrogens (tertiary/aromatic N) is 1. The third-order valence-corrected chi connectivity index (χ3v) is 6.04. The van der Waals surface area contributed by atoms with E-state index in [9.17, 15) is 9.59 Å². The molecule has 4 rings (SSSR count). The molecule has 33 heavy (non-hydrogen) atoms. The molecule has 3 aromatic carbocycles. The Hall–Kier alpha value is -3.60. The van der Waals surface area contributed by atoms with Gasteiger partial charge in [-0.1, -0.05) is 60.7 Å². The molecule has 0 aliphatic carbocycles. The van der Waals surface area contributed by atoms with Crippen LogP contribution in [0.2, 0.25) is 0 Å². The summed E-state index contributed by atoms with van der Waals surface area (Å²) in [5, 5.41) is 0. The summed E-state index contributed by atoms with van der Waals surface area (Å²) < 4.78 is 11.1. The fourth-order valence-corrected chi connectivity index (χ4v) is 4.20. The largest absolute Gasteiger partial charge is 0.497 e. The normalized spacial score (nSPS) is 17.4. The zero-order valence-corrected chi connectivity index (χ0v) is 18.9. The van der Waals surface area contributed by atoms with Crippen molar-refractivity contribution in [1.82, 2.24) is 0 Å². The first kappa shape index (κ1) is 22.6. The number of rotatable bonds is 10. The molecule has 0 spiro atoms. The van der Waals surface area contributed by atoms with Gasteiger partial charge in [0.15, 0.2) is 6.23 Å². The van der Waals surface area contributed by atoms with Crippen molar-refractivity contribution in [2.75, 3.05) is 12.0 Å². The number of ether oxygens (including phenoxy) is 2. The molecule has 2 unspecified atom stereocenters. The zero-order chi connectivity index (χ0) is 23.0. The monoisotopic (exact) mass is 443 g/mol. The highest BCUT2D eigenvalue weighted by Gasteiger charge is 2.50. The average Bonchev–Trinajstić information content (AvgIpc) is 2.87. The van der Waals surface area contributed by atoms with Gasteiger partial charge in [0.2, 0.25) is 5.91 Å². The number of amides is 1. The van der Waals surface area contributed by atoms with Crippen molar-refractivity contribution in [2.24, 2.45) is 5.92 Å². The predicted octanol–water partition coefficient (Wildman–Crippen LogP) is 5.18. The lowest BCUT2D eigenvalue weighted by molar-refractivity contribution is -0.163. The van der Waals surface area contributed by atoms with Gasteiger partial charge < -0.3 is 9.47 Å². The Bertz CT molecular complexity index is 1050. The number of carbonyl (C=O) groups is 2. The van der Waals surface area contributed by atoms with Crippen LogP contribution in [0.3, 0.4) is 0 Å². The fraction of sp³-hybridized carbons (Fsp3) is 0.286. The van der Waals surface area contributed by atoms with E-state index in [4.69, 9.17) is 9.47 Å². The molecule has 5 nitrogen and oxygen atoms in total. The standard InChI is InChI=1S/C28H29NO4/c1-32-24-18-16-23(17-19-24)29-27(31)25(14-8-13-21-9-4-2-5-10-21)28(29)33-26(30)20-15-22-11-6-3-7-12-22/h2-7,9-12,16-19,25,28H,8,13-15,20H2,1H3. The summed E-state index contributed by atoms with van der Waals surface area (Å²) in [6.45, 7) is 0. The number of benzene rings is 3. The van der Waals surface area contributed by atoms with Crippen LogP contribution in [0.25, 0.3) is 0 Å². The van der Waals surface area contributed by atoms with E-state index in [2.05, 4.69) is 12.1 Å². The molecule has 0 N–H and O–H groups in total. The summed E-state index contributed by atoms with van der Waals surface area (Å²) in [5.74, 6) is 0.0936. The number of anilines is 1. The van der Waals surface area contributed by atoms with E-state index in [1.807, 2.05) is 60.7 Å². The summed E-state index contributed by atoms with van der Waals surface area (Å²) >= 11 is 0. The molecule has 170 valence electrons. The molecule has 1 aliphatic heterocycles. The second-order valence-electron chi connectivity index (χ2n) is 8.26. The van der Waals surface area contributed by atoms with Gasteiger partial charge in [-0.3, -0.25) is 14.5 Å². The molecule has 0 radical (unpaired) electrons. The quantitative estimate of drug-likeness (QED) is 0.320. The predicted molar refractivity (Wildman–Crippen MR) is 128 cm³/mol. The van der Waals surface area contributed by atoms with Crippen LogP contribution >= 0.6 is 0 Å². The fourth-order valence-electron chi connectivity index (χ4n) is 4.20. The van der Waals surface area contributed by atoms with E-state index in [0.29, 0.717) is 24.3 Å². The lowest BCUT2D eigenvalue weighted by atomic mass is 9.88. The van der Waals surface area contributed by atoms with E-state index in [0.717, 1.165) is 18.4 Å². The minimum atomic E-state index is -0.579. The first-order chi connectivity index (χ1) is 16.2. The molecule has 1 aliphatic rings. The van der Waals surface area contributed by atoms with Gasteiger partial charge in [0, 0.05) is 12.1 Å². The molecular formula is C28H29NO4. The summed E-state index contributed by atoms with van der Waals surface area (Å²) in [7, 11) is 1.60. The van der Waals surface area contributed by atoms with Crippen molar-refractivity contribution in [2.45, 2.75) is 38.3 Å². The number of esters is 1. The molecule has 1 fully saturated rings. The molecule has 1 heterocycles. The number of hydrogen-bond donors (Lipinski definition) is 0. The van der Waals surface area contributed by atoms with Crippen molar-refractivity contribution in [3.05, 3.63) is 96.1 Å². The Morgan fingerprint density at radius 1 is 0.848 bits per heavy atom. The van der Waals surface area contributed by atoms with Crippen LogP contribution in [0, 0.1) is 5.92 Å². The Balaban J connectivity index is 1.41. The van der Waals surface area contributed by atoms with Crippen molar-refractivity contribution in [3.63, 3.8) is 0 Å². The SMILES string of the molecule is COc1ccc(N2C(=O)C(CCCc3ccccc3)C2OC(=O)CCc2ccccc2)cc1. The van der Waals surface area contributed by atoms with Crippen LogP contribution in [-0.2, 0) is 27.2 Å². The van der Waals surface area contributed by atoms with Crippen molar-refractivity contribution >= 4 is 17.6 Å². The van der Waals surface area contributed by atoms with Gasteiger partial charge in [0.25, 0.3) is 0 Å². The van der Waals surface area contributed by atoms with Gasteiger partial charge in [0.1, 0.15) is 5.75 Å². The van der Waals surface area contributed by atoms with E-state index >= 15 is 0 Å². The Labute approximate surface area is 194 Å². The molecule has 1 saturated heterocycles. The Morgan fingerprint density at radius 3 is 2.06 bits per heavy atom. The molecule has 5 heteroatoms. The van der Waals surface area contributed by atoms with Gasteiger partial charge in [-0.15, -0.1) is 0 Å². The number of aryl methyl sites for hydroxylation is 2. The molecule has 2 atom stereocenters. The lowest BCUT2D eigenvalue weighted by Gasteiger charge is -2.46. The summed E-state index contributed by atoms with van der Waals surface area (Å²) in [4.78, 5) is 27.3. The average molecular weight is 444 g/mol. The molecule has 0 bridgehead atoms. The maximum atomic E-state index is 13.0. The van der Waals surface area contributed by atoms with Gasteiger partial charge in [-0.05, 0) is 61.1 Å². The van der Waals surface area contributed by atoms with Crippen LogP contribution in [-0.4, -0.2) is 25.2 Å². The third-order valence-electron chi connectivity index (χ3n) is 6.04. The van der Waals surface area contributed by atoms with Gasteiger partial charge >= 0.3 is 5.97 Å². The highest BCUT2D eigenvalue weighted by Crippen LogP contribution is 2.37. The number of methoxy groups -OCH3 is 1. The van der Waals surface area contributed by atoms with Gasteiger partial charge in [-0.2, -0.15) is 0 Å². The highest BCUT2D eigenvalue weighted by atomic mass is 16.6. The molecule has 0 aromatic heterocycles. The second kappa shape index (κ2) is 10.8. The summed E-state index contributed by atoms with van der Waals surface area (Å²) in [6, 6.07) is 27.3. The Morgan fingerprint density at radius 2 is 1.45 bits per heavy atom. The van der Waals surface area contributed by atoms with Crippen LogP contribution in [0.4, 0.5) is 5.69 Å². The molecule has 0 saturated carbocycles. The second-order valence-corrected chi connectivity index (χ2v) is 8.26. The number of β-lactam (4-membered cyclic amide) rings is 1. The van der Waals surface area contributed by atoms with E-state index in [-0.39, 0.29) is 24.2 Å². The molecular weight excluding hydrogens is 414 g/mol. The highest BCUT2D eigenvalue weighted by molar-refractivity contribution is 6.02. The maximum absolute atomic E-state index is 13.0. The summed E-state index contributed by atoms with van der Waals surface area (Å²) in [6.07, 6.45) is 2.74. The van der Waals surface area contributed by atoms with Crippen molar-refractivity contribution in [3.8, 4) is 5.75 Å². The maximum Gasteiger partial charge on any atom is 0.308 e. The zero-order valence-electron chi connectivity index (χ0n) is 18.9. The lowest BCUT2D eigenvalue weighted by Crippen LogP contribution is -2.63. The third kappa shape index (κ3) is 5.61. The summed E-state index contributed by atoms with van der Waals surface area (Å²) in [5.41, 5.74) is 3.04. The minimum Gasteiger partial charge on any atom is -0.497 e.